The summed E-state index contributed by atoms with van der Waals surface area (Å²) >= 11 is 0. The Balaban J connectivity index is 0.999. The van der Waals surface area contributed by atoms with Gasteiger partial charge in [0.05, 0.1) is 11.1 Å². The second-order valence-corrected chi connectivity index (χ2v) is 15.3. The van der Waals surface area contributed by atoms with Crippen molar-refractivity contribution in [3.63, 3.8) is 0 Å². The van der Waals surface area contributed by atoms with E-state index < -0.39 is 0 Å². The molecule has 0 saturated carbocycles. The van der Waals surface area contributed by atoms with E-state index >= 15 is 0 Å². The predicted octanol–water partition coefficient (Wildman–Crippen LogP) is 13.2. The molecule has 2 nitrogen and oxygen atoms in total. The molecular formula is C53H44N2. The number of hydrogen-bond acceptors (Lipinski definition) is 1. The van der Waals surface area contributed by atoms with E-state index in [2.05, 4.69) is 170 Å². The molecule has 0 amide bonds. The number of nitrogens with two attached hydrogens (primary N) is 1. The van der Waals surface area contributed by atoms with Crippen LogP contribution in [-0.4, -0.2) is 5.84 Å². The second-order valence-electron chi connectivity index (χ2n) is 15.3. The minimum Gasteiger partial charge on any atom is -0.383 e. The third-order valence-electron chi connectivity index (χ3n) is 12.2. The van der Waals surface area contributed by atoms with Crippen LogP contribution in [0.5, 0.6) is 0 Å². The van der Waals surface area contributed by atoms with Gasteiger partial charge in [-0.15, -0.1) is 0 Å². The highest BCUT2D eigenvalue weighted by Crippen LogP contribution is 2.63. The first-order chi connectivity index (χ1) is 27.2. The van der Waals surface area contributed by atoms with Crippen LogP contribution in [0, 0.1) is 0 Å². The van der Waals surface area contributed by atoms with Crippen molar-refractivity contribution >= 4 is 11.5 Å². The number of benzene rings is 6. The Morgan fingerprint density at radius 1 is 0.564 bits per heavy atom. The minimum absolute atomic E-state index is 0.337. The van der Waals surface area contributed by atoms with Gasteiger partial charge in [0.1, 0.15) is 5.84 Å². The molecule has 0 saturated heterocycles. The van der Waals surface area contributed by atoms with Crippen LogP contribution in [0.2, 0.25) is 0 Å². The molecule has 55 heavy (non-hydrogen) atoms. The summed E-state index contributed by atoms with van der Waals surface area (Å²) in [7, 11) is 0. The molecule has 0 aliphatic heterocycles. The lowest BCUT2D eigenvalue weighted by Crippen LogP contribution is -2.25. The van der Waals surface area contributed by atoms with Crippen molar-refractivity contribution in [3.8, 4) is 44.5 Å². The summed E-state index contributed by atoms with van der Waals surface area (Å²) in [6.45, 7) is 0. The maximum absolute atomic E-state index is 6.59. The van der Waals surface area contributed by atoms with E-state index in [0.29, 0.717) is 5.84 Å². The molecule has 2 N–H and O–H groups in total. The van der Waals surface area contributed by atoms with Crippen LogP contribution in [0.4, 0.5) is 0 Å². The third-order valence-corrected chi connectivity index (χ3v) is 12.2. The van der Waals surface area contributed by atoms with E-state index in [1.807, 2.05) is 0 Å². The number of nitrogens with zero attached hydrogens (tertiary/aromatic N) is 1. The first-order valence-corrected chi connectivity index (χ1v) is 19.9. The monoisotopic (exact) mass is 708 g/mol. The molecule has 4 aliphatic rings. The van der Waals surface area contributed by atoms with Crippen molar-refractivity contribution in [2.75, 3.05) is 0 Å². The highest BCUT2D eigenvalue weighted by Gasteiger charge is 2.51. The van der Waals surface area contributed by atoms with E-state index in [1.165, 1.54) is 98.0 Å². The standard InChI is InChI=1S/C53H44N2/c54-52(41-16-5-2-6-17-41)55-50(35-26-36-14-3-1-4-15-36)40-33-29-38(30-34-40)37-27-31-39(32-28-37)42-21-13-25-49-51(42)45-20-9-12-24-48(45)53(49)46-22-10-7-18-43(46)44-19-8-11-23-47(44)53/h5,7-14,16-25,27-35H,1-4,6,15,26H2,(H2,54,55)/b50-35-. The van der Waals surface area contributed by atoms with E-state index in [4.69, 9.17) is 10.7 Å². The van der Waals surface area contributed by atoms with Crippen molar-refractivity contribution in [3.05, 3.63) is 209 Å². The van der Waals surface area contributed by atoms with E-state index in [0.717, 1.165) is 36.1 Å². The molecule has 266 valence electrons. The Kier molecular flexibility index (Phi) is 8.40. The van der Waals surface area contributed by atoms with Gasteiger partial charge in [0.2, 0.25) is 0 Å². The van der Waals surface area contributed by atoms with Crippen molar-refractivity contribution in [2.24, 2.45) is 10.7 Å². The Morgan fingerprint density at radius 3 is 1.82 bits per heavy atom. The maximum Gasteiger partial charge on any atom is 0.131 e. The van der Waals surface area contributed by atoms with Crippen LogP contribution in [0.15, 0.2) is 186 Å². The molecule has 0 aromatic heterocycles. The topological polar surface area (TPSA) is 38.4 Å². The van der Waals surface area contributed by atoms with Gasteiger partial charge in [-0.1, -0.05) is 175 Å². The van der Waals surface area contributed by atoms with Crippen LogP contribution in [-0.2, 0) is 5.41 Å². The molecule has 10 rings (SSSR count). The zero-order valence-electron chi connectivity index (χ0n) is 31.1. The highest BCUT2D eigenvalue weighted by molar-refractivity contribution is 6.03. The second kappa shape index (κ2) is 13.9. The summed E-state index contributed by atoms with van der Waals surface area (Å²) in [4.78, 5) is 5.01. The van der Waals surface area contributed by atoms with Crippen molar-refractivity contribution < 1.29 is 0 Å². The smallest absolute Gasteiger partial charge is 0.131 e. The summed E-state index contributed by atoms with van der Waals surface area (Å²) in [6, 6.07) is 52.0. The van der Waals surface area contributed by atoms with Gasteiger partial charge >= 0.3 is 0 Å². The molecule has 0 unspecified atom stereocenters. The van der Waals surface area contributed by atoms with Gasteiger partial charge in [0, 0.05) is 5.57 Å². The first kappa shape index (κ1) is 33.3. The number of rotatable bonds is 7. The van der Waals surface area contributed by atoms with E-state index in [1.54, 1.807) is 0 Å². The third kappa shape index (κ3) is 5.59. The number of hydrogen-bond donors (Lipinski definition) is 1. The van der Waals surface area contributed by atoms with Crippen molar-refractivity contribution in [2.45, 2.75) is 50.4 Å². The average molecular weight is 709 g/mol. The lowest BCUT2D eigenvalue weighted by molar-refractivity contribution is 0.691. The summed E-state index contributed by atoms with van der Waals surface area (Å²) in [5.41, 5.74) is 26.5. The lowest BCUT2D eigenvalue weighted by Gasteiger charge is -2.30. The largest absolute Gasteiger partial charge is 0.383 e. The Hall–Kier alpha value is -6.25. The summed E-state index contributed by atoms with van der Waals surface area (Å²) in [6.07, 6.45) is 19.1. The van der Waals surface area contributed by atoms with Gasteiger partial charge < -0.3 is 5.73 Å². The van der Waals surface area contributed by atoms with Gasteiger partial charge in [-0.3, -0.25) is 0 Å². The zero-order valence-corrected chi connectivity index (χ0v) is 31.1. The first-order valence-electron chi connectivity index (χ1n) is 19.9. The average Bonchev–Trinajstić information content (AvgIpc) is 3.73. The highest BCUT2D eigenvalue weighted by atomic mass is 14.9. The SMILES string of the molecule is NC(=N/C(=C\CC1=CCCCC1)c1ccc(-c2ccc(-c3cccc4c3-c3ccccc3C43c4ccccc4-c4ccccc43)cc2)cc1)C1=CCCC=C1. The molecule has 0 fully saturated rings. The van der Waals surface area contributed by atoms with Crippen molar-refractivity contribution in [1.82, 2.24) is 0 Å². The fraction of sp³-hybridized carbons (Fsp3) is 0.151. The zero-order chi connectivity index (χ0) is 36.8. The summed E-state index contributed by atoms with van der Waals surface area (Å²) < 4.78 is 0. The lowest BCUT2D eigenvalue weighted by atomic mass is 9.70. The molecule has 6 aromatic carbocycles. The molecule has 2 heteroatoms. The maximum atomic E-state index is 6.59. The molecule has 0 atom stereocenters. The number of aliphatic imine (C=N–C) groups is 1. The van der Waals surface area contributed by atoms with Gasteiger partial charge in [-0.25, -0.2) is 4.99 Å². The normalized spacial score (nSPS) is 16.6. The van der Waals surface area contributed by atoms with Gasteiger partial charge in [-0.05, 0) is 117 Å². The Morgan fingerprint density at radius 2 is 1.16 bits per heavy atom. The quantitative estimate of drug-likeness (QED) is 0.0999. The molecule has 1 spiro atoms. The molecule has 4 aliphatic carbocycles. The number of amidine groups is 1. The molecule has 0 radical (unpaired) electrons. The van der Waals surface area contributed by atoms with Crippen LogP contribution in [0.3, 0.4) is 0 Å². The van der Waals surface area contributed by atoms with E-state index in [9.17, 15) is 0 Å². The van der Waals surface area contributed by atoms with Gasteiger partial charge in [-0.2, -0.15) is 0 Å². The van der Waals surface area contributed by atoms with Gasteiger partial charge in [0.25, 0.3) is 0 Å². The summed E-state index contributed by atoms with van der Waals surface area (Å²) in [5.74, 6) is 0.585. The predicted molar refractivity (Wildman–Crippen MR) is 231 cm³/mol. The van der Waals surface area contributed by atoms with Crippen molar-refractivity contribution in [1.29, 1.82) is 0 Å². The van der Waals surface area contributed by atoms with Gasteiger partial charge in [0.15, 0.2) is 0 Å². The molecule has 0 heterocycles. The summed E-state index contributed by atoms with van der Waals surface area (Å²) in [5, 5.41) is 0. The molecular weight excluding hydrogens is 665 g/mol. The fourth-order valence-electron chi connectivity index (χ4n) is 9.60. The molecule has 6 aromatic rings. The molecule has 0 bridgehead atoms. The van der Waals surface area contributed by atoms with Crippen LogP contribution in [0.25, 0.3) is 50.2 Å². The van der Waals surface area contributed by atoms with E-state index in [-0.39, 0.29) is 5.41 Å². The number of fused-ring (bicyclic) bond motifs is 10. The fourth-order valence-corrected chi connectivity index (χ4v) is 9.60. The Bertz CT molecular complexity index is 2560. The van der Waals surface area contributed by atoms with Crippen LogP contribution < -0.4 is 5.73 Å². The van der Waals surface area contributed by atoms with Crippen LogP contribution in [0.1, 0.15) is 72.8 Å². The van der Waals surface area contributed by atoms with Crippen LogP contribution >= 0.6 is 0 Å². The minimum atomic E-state index is -0.337. The Labute approximate surface area is 324 Å². The number of allylic oxidation sites excluding steroid dienone is 5.